The zero-order valence-electron chi connectivity index (χ0n) is 23.9. The molecule has 0 atom stereocenters. The topological polar surface area (TPSA) is 136 Å². The number of nitrogens with zero attached hydrogens (tertiary/aromatic N) is 4. The van der Waals surface area contributed by atoms with Crippen LogP contribution < -0.4 is 15.4 Å². The lowest BCUT2D eigenvalue weighted by atomic mass is 10.1. The predicted octanol–water partition coefficient (Wildman–Crippen LogP) is 3.80. The predicted molar refractivity (Wildman–Crippen MR) is 162 cm³/mol. The first-order chi connectivity index (χ1) is 20.0. The lowest BCUT2D eigenvalue weighted by Gasteiger charge is -2.14. The van der Waals surface area contributed by atoms with Gasteiger partial charge in [-0.15, -0.1) is 10.2 Å². The monoisotopic (exact) mass is 608 g/mol. The van der Waals surface area contributed by atoms with E-state index in [0.717, 1.165) is 21.1 Å². The van der Waals surface area contributed by atoms with Gasteiger partial charge in [-0.05, 0) is 67.4 Å². The molecule has 13 heteroatoms. The molecule has 0 unspecified atom stereocenters. The van der Waals surface area contributed by atoms with E-state index in [9.17, 15) is 18.0 Å². The summed E-state index contributed by atoms with van der Waals surface area (Å²) >= 11 is 1.20. The summed E-state index contributed by atoms with van der Waals surface area (Å²) in [5.74, 6) is 0.439. The maximum atomic E-state index is 12.9. The van der Waals surface area contributed by atoms with Crippen LogP contribution in [0.1, 0.15) is 27.3 Å². The fourth-order valence-corrected chi connectivity index (χ4v) is 5.67. The second kappa shape index (κ2) is 13.2. The maximum Gasteiger partial charge on any atom is 0.251 e. The molecule has 0 aliphatic carbocycles. The molecule has 0 spiro atoms. The molecule has 4 rings (SSSR count). The Labute approximate surface area is 249 Å². The van der Waals surface area contributed by atoms with Crippen LogP contribution in [0.5, 0.6) is 5.75 Å². The molecule has 0 fully saturated rings. The standard InChI is InChI=1S/C29H32N6O5S2/c1-19-10-11-20(2)23(16-19)31-27(36)18-41-29-33-32-26(35(29)24-8-6-7-9-25(24)40-5)17-30-28(37)21-12-14-22(15-13-21)42(38,39)34(3)4/h6-16H,17-18H2,1-5H3,(H,30,37)(H,31,36). The van der Waals surface area contributed by atoms with Gasteiger partial charge in [-0.3, -0.25) is 14.2 Å². The molecule has 4 aromatic rings. The number of aryl methyl sites for hydroxylation is 2. The molecular formula is C29H32N6O5S2. The van der Waals surface area contributed by atoms with Gasteiger partial charge in [0.1, 0.15) is 5.75 Å². The number of nitrogens with one attached hydrogen (secondary N) is 2. The van der Waals surface area contributed by atoms with E-state index in [2.05, 4.69) is 20.8 Å². The number of sulfonamides is 1. The summed E-state index contributed by atoms with van der Waals surface area (Å²) in [4.78, 5) is 25.8. The van der Waals surface area contributed by atoms with Crippen molar-refractivity contribution in [3.8, 4) is 11.4 Å². The molecule has 0 aliphatic heterocycles. The van der Waals surface area contributed by atoms with Gasteiger partial charge in [0.2, 0.25) is 15.9 Å². The van der Waals surface area contributed by atoms with Gasteiger partial charge in [-0.1, -0.05) is 36.0 Å². The van der Waals surface area contributed by atoms with Gasteiger partial charge in [-0.2, -0.15) is 0 Å². The molecule has 0 saturated carbocycles. The minimum Gasteiger partial charge on any atom is -0.495 e. The highest BCUT2D eigenvalue weighted by Gasteiger charge is 2.21. The lowest BCUT2D eigenvalue weighted by molar-refractivity contribution is -0.113. The van der Waals surface area contributed by atoms with Gasteiger partial charge < -0.3 is 15.4 Å². The normalized spacial score (nSPS) is 11.4. The number of anilines is 1. The number of amides is 2. The number of ether oxygens (including phenoxy) is 1. The van der Waals surface area contributed by atoms with E-state index < -0.39 is 15.9 Å². The second-order valence-electron chi connectivity index (χ2n) is 9.56. The van der Waals surface area contributed by atoms with Crippen molar-refractivity contribution in [1.29, 1.82) is 0 Å². The van der Waals surface area contributed by atoms with Crippen molar-refractivity contribution < 1.29 is 22.7 Å². The third-order valence-electron chi connectivity index (χ3n) is 6.33. The van der Waals surface area contributed by atoms with Crippen LogP contribution in [0.25, 0.3) is 5.69 Å². The van der Waals surface area contributed by atoms with Gasteiger partial charge in [0.05, 0.1) is 30.0 Å². The molecule has 0 aliphatic rings. The Morgan fingerprint density at radius 3 is 2.40 bits per heavy atom. The van der Waals surface area contributed by atoms with Crippen LogP contribution in [0.3, 0.4) is 0 Å². The number of hydrogen-bond donors (Lipinski definition) is 2. The largest absolute Gasteiger partial charge is 0.495 e. The molecule has 42 heavy (non-hydrogen) atoms. The van der Waals surface area contributed by atoms with Crippen molar-refractivity contribution >= 4 is 39.3 Å². The minimum atomic E-state index is -3.61. The molecule has 1 aromatic heterocycles. The highest BCUT2D eigenvalue weighted by molar-refractivity contribution is 7.99. The second-order valence-corrected chi connectivity index (χ2v) is 12.7. The summed E-state index contributed by atoms with van der Waals surface area (Å²) in [6.07, 6.45) is 0. The maximum absolute atomic E-state index is 12.9. The fraction of sp³-hybridized carbons (Fsp3) is 0.241. The van der Waals surface area contributed by atoms with Crippen molar-refractivity contribution in [3.63, 3.8) is 0 Å². The highest BCUT2D eigenvalue weighted by Crippen LogP contribution is 2.29. The van der Waals surface area contributed by atoms with E-state index in [0.29, 0.717) is 22.4 Å². The number of hydrogen-bond acceptors (Lipinski definition) is 8. The highest BCUT2D eigenvalue weighted by atomic mass is 32.2. The molecule has 0 saturated heterocycles. The molecule has 0 bridgehead atoms. The Balaban J connectivity index is 1.53. The van der Waals surface area contributed by atoms with Crippen molar-refractivity contribution in [2.24, 2.45) is 0 Å². The van der Waals surface area contributed by atoms with E-state index in [4.69, 9.17) is 4.74 Å². The van der Waals surface area contributed by atoms with Crippen LogP contribution in [0.2, 0.25) is 0 Å². The summed E-state index contributed by atoms with van der Waals surface area (Å²) in [6, 6.07) is 18.8. The Morgan fingerprint density at radius 1 is 1.00 bits per heavy atom. The lowest BCUT2D eigenvalue weighted by Crippen LogP contribution is -2.25. The Bertz CT molecular complexity index is 1700. The Hall–Kier alpha value is -4.20. The number of rotatable bonds is 11. The Kier molecular flexibility index (Phi) is 9.66. The van der Waals surface area contributed by atoms with Crippen molar-refractivity contribution in [3.05, 3.63) is 89.2 Å². The van der Waals surface area contributed by atoms with Gasteiger partial charge in [0.25, 0.3) is 5.91 Å². The smallest absolute Gasteiger partial charge is 0.251 e. The van der Waals surface area contributed by atoms with Crippen LogP contribution in [0, 0.1) is 13.8 Å². The summed E-state index contributed by atoms with van der Waals surface area (Å²) < 4.78 is 33.1. The molecule has 0 radical (unpaired) electrons. The summed E-state index contributed by atoms with van der Waals surface area (Å²) in [5, 5.41) is 14.8. The van der Waals surface area contributed by atoms with Gasteiger partial charge in [-0.25, -0.2) is 12.7 Å². The number of carbonyl (C=O) groups excluding carboxylic acids is 2. The molecule has 2 amide bonds. The third-order valence-corrected chi connectivity index (χ3v) is 9.09. The molecule has 220 valence electrons. The van der Waals surface area contributed by atoms with E-state index in [-0.39, 0.29) is 28.7 Å². The molecular weight excluding hydrogens is 576 g/mol. The Morgan fingerprint density at radius 2 is 1.71 bits per heavy atom. The van der Waals surface area contributed by atoms with Crippen LogP contribution in [-0.2, 0) is 21.4 Å². The van der Waals surface area contributed by atoms with Gasteiger partial charge in [0, 0.05) is 25.3 Å². The minimum absolute atomic E-state index is 0.0108. The molecule has 2 N–H and O–H groups in total. The van der Waals surface area contributed by atoms with Gasteiger partial charge >= 0.3 is 0 Å². The van der Waals surface area contributed by atoms with Crippen LogP contribution in [0.4, 0.5) is 5.69 Å². The van der Waals surface area contributed by atoms with E-state index in [1.165, 1.54) is 50.1 Å². The van der Waals surface area contributed by atoms with Crippen LogP contribution in [-0.4, -0.2) is 66.3 Å². The zero-order chi connectivity index (χ0) is 30.4. The first kappa shape index (κ1) is 30.8. The number of carbonyl (C=O) groups is 2. The SMILES string of the molecule is COc1ccccc1-n1c(CNC(=O)c2ccc(S(=O)(=O)N(C)C)cc2)nnc1SCC(=O)Nc1cc(C)ccc1C. The average molecular weight is 609 g/mol. The first-order valence-electron chi connectivity index (χ1n) is 12.9. The first-order valence-corrected chi connectivity index (χ1v) is 15.3. The van der Waals surface area contributed by atoms with E-state index >= 15 is 0 Å². The summed E-state index contributed by atoms with van der Waals surface area (Å²) in [6.45, 7) is 3.91. The van der Waals surface area contributed by atoms with Crippen LogP contribution in [0.15, 0.2) is 76.8 Å². The number of para-hydroxylation sites is 2. The van der Waals surface area contributed by atoms with Gasteiger partial charge in [0.15, 0.2) is 11.0 Å². The van der Waals surface area contributed by atoms with E-state index in [1.807, 2.05) is 50.2 Å². The van der Waals surface area contributed by atoms with Crippen molar-refractivity contribution in [1.82, 2.24) is 24.4 Å². The number of methoxy groups -OCH3 is 1. The van der Waals surface area contributed by atoms with Crippen molar-refractivity contribution in [2.75, 3.05) is 32.3 Å². The summed E-state index contributed by atoms with van der Waals surface area (Å²) in [5.41, 5.74) is 3.69. The zero-order valence-corrected chi connectivity index (χ0v) is 25.5. The fourth-order valence-electron chi connectivity index (χ4n) is 4.00. The number of aromatic nitrogens is 3. The number of thioether (sulfide) groups is 1. The van der Waals surface area contributed by atoms with Crippen LogP contribution >= 0.6 is 11.8 Å². The molecule has 3 aromatic carbocycles. The van der Waals surface area contributed by atoms with Crippen molar-refractivity contribution in [2.45, 2.75) is 30.4 Å². The quantitative estimate of drug-likeness (QED) is 0.246. The number of benzene rings is 3. The van der Waals surface area contributed by atoms with E-state index in [1.54, 1.807) is 17.7 Å². The third kappa shape index (κ3) is 6.98. The summed E-state index contributed by atoms with van der Waals surface area (Å²) in [7, 11) is 0.824. The molecule has 1 heterocycles. The average Bonchev–Trinajstić information content (AvgIpc) is 3.39. The molecule has 11 nitrogen and oxygen atoms in total.